The molecule has 0 spiro atoms. The van der Waals surface area contributed by atoms with Gasteiger partial charge in [-0.25, -0.2) is 0 Å². The number of carbonyl (C=O) groups excluding carboxylic acids is 1. The number of amides is 1. The van der Waals surface area contributed by atoms with Crippen LogP contribution in [0.5, 0.6) is 11.5 Å². The summed E-state index contributed by atoms with van der Waals surface area (Å²) in [6.45, 7) is 5.35. The molecule has 0 bridgehead atoms. The highest BCUT2D eigenvalue weighted by molar-refractivity contribution is 5.95. The molecule has 1 saturated heterocycles. The van der Waals surface area contributed by atoms with Crippen LogP contribution in [0.2, 0.25) is 0 Å². The van der Waals surface area contributed by atoms with Crippen molar-refractivity contribution in [3.63, 3.8) is 0 Å². The molecule has 0 N–H and O–H groups in total. The van der Waals surface area contributed by atoms with Gasteiger partial charge in [0, 0.05) is 43.5 Å². The number of aryl methyl sites for hydroxylation is 1. The molecule has 5 heteroatoms. The highest BCUT2D eigenvalue weighted by Crippen LogP contribution is 2.35. The average Bonchev–Trinajstić information content (AvgIpc) is 3.09. The zero-order chi connectivity index (χ0) is 16.5. The number of nitrogens with zero attached hydrogens (tertiary/aromatic N) is 2. The second kappa shape index (κ2) is 6.07. The maximum Gasteiger partial charge on any atom is 0.254 e. The molecule has 5 nitrogen and oxygen atoms in total. The lowest BCUT2D eigenvalue weighted by atomic mass is 10.1. The lowest BCUT2D eigenvalue weighted by Crippen LogP contribution is -2.48. The Kier molecular flexibility index (Phi) is 3.76. The number of anilines is 1. The topological polar surface area (TPSA) is 42.0 Å². The maximum atomic E-state index is 12.7. The van der Waals surface area contributed by atoms with E-state index in [2.05, 4.69) is 4.90 Å². The van der Waals surface area contributed by atoms with Crippen molar-refractivity contribution < 1.29 is 14.3 Å². The van der Waals surface area contributed by atoms with Gasteiger partial charge in [-0.05, 0) is 30.7 Å². The van der Waals surface area contributed by atoms with Crippen molar-refractivity contribution in [2.75, 3.05) is 37.9 Å². The van der Waals surface area contributed by atoms with Crippen LogP contribution in [0, 0.1) is 6.92 Å². The van der Waals surface area contributed by atoms with Gasteiger partial charge in [0.15, 0.2) is 11.5 Å². The van der Waals surface area contributed by atoms with Crippen LogP contribution < -0.4 is 14.4 Å². The van der Waals surface area contributed by atoms with Crippen molar-refractivity contribution in [3.05, 3.63) is 53.6 Å². The van der Waals surface area contributed by atoms with Gasteiger partial charge in [0.2, 0.25) is 6.79 Å². The van der Waals surface area contributed by atoms with Crippen LogP contribution >= 0.6 is 0 Å². The second-order valence-electron chi connectivity index (χ2n) is 6.13. The van der Waals surface area contributed by atoms with Crippen molar-refractivity contribution in [2.45, 2.75) is 6.92 Å². The Labute approximate surface area is 141 Å². The molecule has 1 fully saturated rings. The van der Waals surface area contributed by atoms with Crippen LogP contribution in [0.15, 0.2) is 42.5 Å². The quantitative estimate of drug-likeness (QED) is 0.852. The molecule has 124 valence electrons. The zero-order valence-electron chi connectivity index (χ0n) is 13.7. The Hall–Kier alpha value is -2.69. The van der Waals surface area contributed by atoms with Crippen LogP contribution in [-0.4, -0.2) is 43.8 Å². The van der Waals surface area contributed by atoms with Gasteiger partial charge in [-0.2, -0.15) is 0 Å². The number of carbonyl (C=O) groups is 1. The van der Waals surface area contributed by atoms with Gasteiger partial charge in [-0.1, -0.05) is 18.2 Å². The number of benzene rings is 2. The first-order valence-electron chi connectivity index (χ1n) is 8.22. The smallest absolute Gasteiger partial charge is 0.254 e. The summed E-state index contributed by atoms with van der Waals surface area (Å²) in [5.41, 5.74) is 2.94. The van der Waals surface area contributed by atoms with E-state index in [-0.39, 0.29) is 12.7 Å². The van der Waals surface area contributed by atoms with Gasteiger partial charge in [-0.3, -0.25) is 4.79 Å². The fourth-order valence-corrected chi connectivity index (χ4v) is 3.23. The van der Waals surface area contributed by atoms with Crippen LogP contribution in [0.4, 0.5) is 5.69 Å². The van der Waals surface area contributed by atoms with Crippen molar-refractivity contribution in [1.29, 1.82) is 0 Å². The highest BCUT2D eigenvalue weighted by Gasteiger charge is 2.24. The first kappa shape index (κ1) is 14.9. The van der Waals surface area contributed by atoms with Crippen LogP contribution in [0.25, 0.3) is 0 Å². The van der Waals surface area contributed by atoms with E-state index in [1.165, 1.54) is 0 Å². The first-order valence-corrected chi connectivity index (χ1v) is 8.22. The van der Waals surface area contributed by atoms with E-state index in [9.17, 15) is 4.79 Å². The number of piperazine rings is 1. The Morgan fingerprint density at radius 2 is 1.71 bits per heavy atom. The molecule has 0 radical (unpaired) electrons. The molecule has 2 aliphatic rings. The fourth-order valence-electron chi connectivity index (χ4n) is 3.23. The molecule has 0 aliphatic carbocycles. The van der Waals surface area contributed by atoms with Crippen molar-refractivity contribution in [2.24, 2.45) is 0 Å². The zero-order valence-corrected chi connectivity index (χ0v) is 13.7. The van der Waals surface area contributed by atoms with E-state index in [1.54, 1.807) is 0 Å². The molecule has 4 rings (SSSR count). The minimum Gasteiger partial charge on any atom is -0.454 e. The van der Waals surface area contributed by atoms with Gasteiger partial charge >= 0.3 is 0 Å². The molecular formula is C19H20N2O3. The molecule has 2 aromatic carbocycles. The predicted molar refractivity (Wildman–Crippen MR) is 91.9 cm³/mol. The number of fused-ring (bicyclic) bond motifs is 1. The van der Waals surface area contributed by atoms with E-state index < -0.39 is 0 Å². The molecular weight excluding hydrogens is 304 g/mol. The summed E-state index contributed by atoms with van der Waals surface area (Å²) in [4.78, 5) is 16.9. The molecule has 2 aliphatic heterocycles. The lowest BCUT2D eigenvalue weighted by Gasteiger charge is -2.36. The van der Waals surface area contributed by atoms with Gasteiger partial charge in [0.1, 0.15) is 0 Å². The summed E-state index contributed by atoms with van der Waals surface area (Å²) in [5, 5.41) is 0. The molecule has 0 aromatic heterocycles. The number of hydrogen-bond acceptors (Lipinski definition) is 4. The number of ether oxygens (including phenoxy) is 2. The van der Waals surface area contributed by atoms with Gasteiger partial charge in [-0.15, -0.1) is 0 Å². The fraction of sp³-hybridized carbons (Fsp3) is 0.316. The van der Waals surface area contributed by atoms with Crippen LogP contribution in [0.1, 0.15) is 15.9 Å². The van der Waals surface area contributed by atoms with Gasteiger partial charge in [0.25, 0.3) is 5.91 Å². The van der Waals surface area contributed by atoms with E-state index >= 15 is 0 Å². The Morgan fingerprint density at radius 1 is 0.958 bits per heavy atom. The third kappa shape index (κ3) is 2.66. The first-order chi connectivity index (χ1) is 11.7. The molecule has 2 aromatic rings. The number of rotatable bonds is 2. The van der Waals surface area contributed by atoms with Gasteiger partial charge in [0.05, 0.1) is 0 Å². The summed E-state index contributed by atoms with van der Waals surface area (Å²) >= 11 is 0. The Bertz CT molecular complexity index is 767. The summed E-state index contributed by atoms with van der Waals surface area (Å²) in [6.07, 6.45) is 0. The standard InChI is InChI=1S/C19H20N2O3/c1-14-4-2-3-5-16(14)19(22)21-10-8-20(9-11-21)15-6-7-17-18(12-15)24-13-23-17/h2-7,12H,8-11,13H2,1H3. The normalized spacial score (nSPS) is 16.4. The molecule has 2 heterocycles. The van der Waals surface area contributed by atoms with Crippen molar-refractivity contribution in [1.82, 2.24) is 4.90 Å². The van der Waals surface area contributed by atoms with Crippen LogP contribution in [-0.2, 0) is 0 Å². The molecule has 1 amide bonds. The van der Waals surface area contributed by atoms with E-state index in [1.807, 2.05) is 54.3 Å². The van der Waals surface area contributed by atoms with E-state index in [0.717, 1.165) is 54.5 Å². The minimum absolute atomic E-state index is 0.124. The molecule has 0 atom stereocenters. The molecule has 0 saturated carbocycles. The number of hydrogen-bond donors (Lipinski definition) is 0. The summed E-state index contributed by atoms with van der Waals surface area (Å²) < 4.78 is 10.8. The summed E-state index contributed by atoms with van der Waals surface area (Å²) in [7, 11) is 0. The Morgan fingerprint density at radius 3 is 2.50 bits per heavy atom. The predicted octanol–water partition coefficient (Wildman–Crippen LogP) is 2.69. The van der Waals surface area contributed by atoms with Gasteiger partial charge < -0.3 is 19.3 Å². The second-order valence-corrected chi connectivity index (χ2v) is 6.13. The average molecular weight is 324 g/mol. The highest BCUT2D eigenvalue weighted by atomic mass is 16.7. The minimum atomic E-state index is 0.124. The van der Waals surface area contributed by atoms with Crippen molar-refractivity contribution >= 4 is 11.6 Å². The third-order valence-electron chi connectivity index (χ3n) is 4.66. The van der Waals surface area contributed by atoms with Crippen LogP contribution in [0.3, 0.4) is 0 Å². The molecule has 0 unspecified atom stereocenters. The molecule has 24 heavy (non-hydrogen) atoms. The lowest BCUT2D eigenvalue weighted by molar-refractivity contribution is 0.0746. The Balaban J connectivity index is 1.43. The summed E-state index contributed by atoms with van der Waals surface area (Å²) in [6, 6.07) is 13.8. The van der Waals surface area contributed by atoms with Crippen molar-refractivity contribution in [3.8, 4) is 11.5 Å². The monoisotopic (exact) mass is 324 g/mol. The van der Waals surface area contributed by atoms with E-state index in [0.29, 0.717) is 0 Å². The largest absolute Gasteiger partial charge is 0.454 e. The summed E-state index contributed by atoms with van der Waals surface area (Å²) in [5.74, 6) is 1.72. The van der Waals surface area contributed by atoms with E-state index in [4.69, 9.17) is 9.47 Å². The SMILES string of the molecule is Cc1ccccc1C(=O)N1CCN(c2ccc3c(c2)OCO3)CC1. The third-order valence-corrected chi connectivity index (χ3v) is 4.66. The maximum absolute atomic E-state index is 12.7.